The van der Waals surface area contributed by atoms with Crippen LogP contribution in [0.5, 0.6) is 5.75 Å². The number of nitrogens with two attached hydrogens (primary N) is 4. The summed E-state index contributed by atoms with van der Waals surface area (Å²) < 4.78 is 0. The van der Waals surface area contributed by atoms with Crippen LogP contribution in [0.4, 0.5) is 22.7 Å². The molecule has 138 valence electrons. The predicted octanol–water partition coefficient (Wildman–Crippen LogP) is 4.25. The predicted molar refractivity (Wildman–Crippen MR) is 116 cm³/mol. The number of hydrogen-bond donors (Lipinski definition) is 5. The molecular formula is C22H24N4O. The summed E-state index contributed by atoms with van der Waals surface area (Å²) >= 11 is 0. The number of fused-ring (bicyclic) bond motifs is 1. The zero-order valence-electron chi connectivity index (χ0n) is 14.9. The highest BCUT2D eigenvalue weighted by Gasteiger charge is 2.00. The van der Waals surface area contributed by atoms with Crippen LogP contribution in [-0.2, 0) is 0 Å². The number of aromatic hydroxyl groups is 1. The van der Waals surface area contributed by atoms with E-state index in [0.29, 0.717) is 5.69 Å². The minimum atomic E-state index is 0.147. The molecule has 4 rings (SSSR count). The van der Waals surface area contributed by atoms with E-state index in [4.69, 9.17) is 22.9 Å². The largest absolute Gasteiger partial charge is 0.506 e. The highest BCUT2D eigenvalue weighted by atomic mass is 16.3. The van der Waals surface area contributed by atoms with Gasteiger partial charge in [0.2, 0.25) is 0 Å². The third-order valence-electron chi connectivity index (χ3n) is 3.68. The van der Waals surface area contributed by atoms with E-state index in [-0.39, 0.29) is 5.75 Å². The van der Waals surface area contributed by atoms with Crippen molar-refractivity contribution in [1.29, 1.82) is 0 Å². The van der Waals surface area contributed by atoms with Crippen molar-refractivity contribution in [2.75, 3.05) is 22.9 Å². The zero-order chi connectivity index (χ0) is 19.6. The molecule has 0 aromatic heterocycles. The summed E-state index contributed by atoms with van der Waals surface area (Å²) in [7, 11) is 0. The van der Waals surface area contributed by atoms with Gasteiger partial charge in [-0.3, -0.25) is 0 Å². The minimum Gasteiger partial charge on any atom is -0.506 e. The second kappa shape index (κ2) is 9.58. The second-order valence-electron chi connectivity index (χ2n) is 5.80. The van der Waals surface area contributed by atoms with Gasteiger partial charge in [-0.25, -0.2) is 0 Å². The second-order valence-corrected chi connectivity index (χ2v) is 5.80. The number of nitrogen functional groups attached to an aromatic ring is 4. The minimum absolute atomic E-state index is 0.147. The maximum absolute atomic E-state index is 9.29. The van der Waals surface area contributed by atoms with Crippen molar-refractivity contribution in [1.82, 2.24) is 0 Å². The molecule has 0 saturated heterocycles. The van der Waals surface area contributed by atoms with Gasteiger partial charge in [0.25, 0.3) is 0 Å². The van der Waals surface area contributed by atoms with Gasteiger partial charge in [-0.05, 0) is 47.9 Å². The van der Waals surface area contributed by atoms with E-state index in [1.807, 2.05) is 60.7 Å². The smallest absolute Gasteiger partial charge is 0.139 e. The van der Waals surface area contributed by atoms with Gasteiger partial charge < -0.3 is 28.0 Å². The van der Waals surface area contributed by atoms with Crippen LogP contribution in [0.2, 0.25) is 0 Å². The Balaban J connectivity index is 0.000000153. The molecule has 0 atom stereocenters. The molecule has 0 heterocycles. The van der Waals surface area contributed by atoms with E-state index in [2.05, 4.69) is 0 Å². The summed E-state index contributed by atoms with van der Waals surface area (Å²) in [6, 6.07) is 27.7. The van der Waals surface area contributed by atoms with Gasteiger partial charge >= 0.3 is 0 Å². The number of phenolic OH excluding ortho intramolecular Hbond substituents is 1. The van der Waals surface area contributed by atoms with E-state index in [1.165, 1.54) is 0 Å². The fourth-order valence-corrected chi connectivity index (χ4v) is 2.23. The lowest BCUT2D eigenvalue weighted by molar-refractivity contribution is 0.478. The maximum Gasteiger partial charge on any atom is 0.139 e. The topological polar surface area (TPSA) is 124 Å². The van der Waals surface area contributed by atoms with Gasteiger partial charge in [-0.2, -0.15) is 0 Å². The van der Waals surface area contributed by atoms with E-state index < -0.39 is 0 Å². The number of benzene rings is 4. The van der Waals surface area contributed by atoms with Gasteiger partial charge in [0.15, 0.2) is 0 Å². The number of anilines is 4. The number of phenols is 1. The van der Waals surface area contributed by atoms with E-state index in [0.717, 1.165) is 27.8 Å². The molecule has 0 unspecified atom stereocenters. The van der Waals surface area contributed by atoms with E-state index in [1.54, 1.807) is 30.3 Å². The standard InChI is InChI=1S/C10H9NO.C6H8N2.C6H7N/c11-10-8-4-2-1-3-7(8)5-6-9(10)12;7-5-1-2-6(8)4-3-5;7-6-4-2-1-3-5-6/h1-6,12H,11H2;1-4H,7-8H2;1-5H,7H2. The number of para-hydroxylation sites is 1. The molecule has 0 aliphatic rings. The van der Waals surface area contributed by atoms with Crippen molar-refractivity contribution in [2.24, 2.45) is 0 Å². The van der Waals surface area contributed by atoms with Crippen LogP contribution < -0.4 is 22.9 Å². The molecule has 4 aromatic carbocycles. The first-order chi connectivity index (χ1) is 13.0. The summed E-state index contributed by atoms with van der Waals surface area (Å²) in [5.74, 6) is 0.147. The summed E-state index contributed by atoms with van der Waals surface area (Å²) in [6.07, 6.45) is 0. The first-order valence-corrected chi connectivity index (χ1v) is 8.35. The lowest BCUT2D eigenvalue weighted by atomic mass is 10.1. The molecule has 9 N–H and O–H groups in total. The van der Waals surface area contributed by atoms with Crippen LogP contribution in [0, 0.1) is 0 Å². The van der Waals surface area contributed by atoms with Crippen LogP contribution in [0.15, 0.2) is 91.0 Å². The maximum atomic E-state index is 9.29. The van der Waals surface area contributed by atoms with Crippen molar-refractivity contribution in [3.05, 3.63) is 91.0 Å². The number of hydrogen-bond acceptors (Lipinski definition) is 5. The van der Waals surface area contributed by atoms with Gasteiger partial charge in [0.05, 0.1) is 5.69 Å². The average Bonchev–Trinajstić information content (AvgIpc) is 2.69. The van der Waals surface area contributed by atoms with Gasteiger partial charge in [0.1, 0.15) is 5.75 Å². The first kappa shape index (κ1) is 19.5. The first-order valence-electron chi connectivity index (χ1n) is 8.35. The SMILES string of the molecule is Nc1c(O)ccc2ccccc12.Nc1ccc(N)cc1.Nc1ccccc1. The molecule has 0 radical (unpaired) electrons. The van der Waals surface area contributed by atoms with Crippen LogP contribution in [0.1, 0.15) is 0 Å². The molecule has 0 fully saturated rings. The molecule has 0 aliphatic carbocycles. The Labute approximate surface area is 158 Å². The fourth-order valence-electron chi connectivity index (χ4n) is 2.23. The Kier molecular flexibility index (Phi) is 6.91. The molecule has 0 aliphatic heterocycles. The average molecular weight is 360 g/mol. The van der Waals surface area contributed by atoms with Crippen molar-refractivity contribution in [3.8, 4) is 5.75 Å². The third kappa shape index (κ3) is 6.17. The van der Waals surface area contributed by atoms with Crippen molar-refractivity contribution >= 4 is 33.5 Å². The van der Waals surface area contributed by atoms with Crippen LogP contribution in [-0.4, -0.2) is 5.11 Å². The van der Waals surface area contributed by atoms with Gasteiger partial charge in [0, 0.05) is 22.4 Å². The van der Waals surface area contributed by atoms with Crippen molar-refractivity contribution in [3.63, 3.8) is 0 Å². The Hall–Kier alpha value is -3.86. The molecule has 0 saturated carbocycles. The summed E-state index contributed by atoms with van der Waals surface area (Å²) in [6.45, 7) is 0. The van der Waals surface area contributed by atoms with Crippen LogP contribution >= 0.6 is 0 Å². The molecule has 0 spiro atoms. The van der Waals surface area contributed by atoms with Crippen LogP contribution in [0.3, 0.4) is 0 Å². The molecule has 0 amide bonds. The molecule has 0 bridgehead atoms. The highest BCUT2D eigenvalue weighted by molar-refractivity contribution is 5.95. The Bertz CT molecular complexity index is 949. The Morgan fingerprint density at radius 1 is 0.481 bits per heavy atom. The van der Waals surface area contributed by atoms with Crippen LogP contribution in [0.25, 0.3) is 10.8 Å². The van der Waals surface area contributed by atoms with Gasteiger partial charge in [-0.15, -0.1) is 0 Å². The molecule has 27 heavy (non-hydrogen) atoms. The third-order valence-corrected chi connectivity index (χ3v) is 3.68. The molecular weight excluding hydrogens is 336 g/mol. The summed E-state index contributed by atoms with van der Waals surface area (Å²) in [4.78, 5) is 0. The normalized spacial score (nSPS) is 9.48. The monoisotopic (exact) mass is 360 g/mol. The van der Waals surface area contributed by atoms with Crippen molar-refractivity contribution < 1.29 is 5.11 Å². The van der Waals surface area contributed by atoms with E-state index >= 15 is 0 Å². The Morgan fingerprint density at radius 3 is 1.48 bits per heavy atom. The number of rotatable bonds is 0. The molecule has 5 heteroatoms. The molecule has 5 nitrogen and oxygen atoms in total. The summed E-state index contributed by atoms with van der Waals surface area (Å²) in [5.41, 5.74) is 24.5. The van der Waals surface area contributed by atoms with Gasteiger partial charge in [-0.1, -0.05) is 48.5 Å². The summed E-state index contributed by atoms with van der Waals surface area (Å²) in [5, 5.41) is 11.2. The Morgan fingerprint density at radius 2 is 0.963 bits per heavy atom. The zero-order valence-corrected chi connectivity index (χ0v) is 14.9. The lowest BCUT2D eigenvalue weighted by Crippen LogP contribution is -1.86. The van der Waals surface area contributed by atoms with Crippen molar-refractivity contribution in [2.45, 2.75) is 0 Å². The molecule has 4 aromatic rings. The van der Waals surface area contributed by atoms with E-state index in [9.17, 15) is 5.11 Å². The highest BCUT2D eigenvalue weighted by Crippen LogP contribution is 2.28. The fraction of sp³-hybridized carbons (Fsp3) is 0. The lowest BCUT2D eigenvalue weighted by Gasteiger charge is -2.02. The quantitative estimate of drug-likeness (QED) is 0.237.